The molecule has 5 nitrogen and oxygen atoms in total. The second-order valence-corrected chi connectivity index (χ2v) is 6.60. The van der Waals surface area contributed by atoms with Gasteiger partial charge in [-0.1, -0.05) is 11.6 Å². The molecule has 0 atom stereocenters. The van der Waals surface area contributed by atoms with Crippen molar-refractivity contribution in [3.05, 3.63) is 51.9 Å². The highest BCUT2D eigenvalue weighted by molar-refractivity contribution is 7.99. The summed E-state index contributed by atoms with van der Waals surface area (Å²) in [5.41, 5.74) is 2.06. The third-order valence-corrected chi connectivity index (χ3v) is 4.50. The Bertz CT molecular complexity index is 757. The van der Waals surface area contributed by atoms with Gasteiger partial charge in [0.05, 0.1) is 18.6 Å². The summed E-state index contributed by atoms with van der Waals surface area (Å²) in [5.74, 6) is 1.37. The molecule has 0 saturated heterocycles. The van der Waals surface area contributed by atoms with Crippen molar-refractivity contribution in [2.24, 2.45) is 0 Å². The number of carbonyl (C=O) groups is 2. The molecule has 0 radical (unpaired) electrons. The summed E-state index contributed by atoms with van der Waals surface area (Å²) in [7, 11) is 1.33. The Morgan fingerprint density at radius 3 is 2.71 bits per heavy atom. The molecule has 1 N–H and O–H groups in total. The lowest BCUT2D eigenvalue weighted by molar-refractivity contribution is -0.113. The fraction of sp³-hybridized carbons (Fsp3) is 0.294. The normalized spacial score (nSPS) is 10.5. The van der Waals surface area contributed by atoms with Crippen molar-refractivity contribution in [2.75, 3.05) is 18.2 Å². The van der Waals surface area contributed by atoms with Crippen LogP contribution in [0.1, 0.15) is 27.4 Å². The number of hydrogen-bond acceptors (Lipinski definition) is 5. The van der Waals surface area contributed by atoms with Crippen LogP contribution < -0.4 is 5.32 Å². The molecule has 1 heterocycles. The van der Waals surface area contributed by atoms with E-state index in [0.29, 0.717) is 27.9 Å². The number of furan rings is 1. The van der Waals surface area contributed by atoms with Crippen LogP contribution in [0.25, 0.3) is 0 Å². The van der Waals surface area contributed by atoms with Crippen LogP contribution in [0.5, 0.6) is 0 Å². The van der Waals surface area contributed by atoms with E-state index in [1.54, 1.807) is 31.2 Å². The number of benzene rings is 1. The van der Waals surface area contributed by atoms with Crippen LogP contribution >= 0.6 is 23.4 Å². The van der Waals surface area contributed by atoms with Crippen molar-refractivity contribution in [1.29, 1.82) is 0 Å². The molecule has 1 aromatic heterocycles. The first-order valence-electron chi connectivity index (χ1n) is 7.22. The lowest BCUT2D eigenvalue weighted by atomic mass is 10.2. The molecule has 2 aromatic rings. The highest BCUT2D eigenvalue weighted by atomic mass is 35.5. The second kappa shape index (κ2) is 8.26. The Morgan fingerprint density at radius 2 is 2.04 bits per heavy atom. The summed E-state index contributed by atoms with van der Waals surface area (Å²) < 4.78 is 10.2. The van der Waals surface area contributed by atoms with Gasteiger partial charge in [0.2, 0.25) is 5.91 Å². The smallest absolute Gasteiger partial charge is 0.341 e. The molecule has 2 rings (SSSR count). The first kappa shape index (κ1) is 18.4. The van der Waals surface area contributed by atoms with E-state index in [1.807, 2.05) is 6.92 Å². The molecule has 0 aliphatic carbocycles. The zero-order chi connectivity index (χ0) is 17.7. The van der Waals surface area contributed by atoms with Crippen molar-refractivity contribution in [2.45, 2.75) is 19.6 Å². The summed E-state index contributed by atoms with van der Waals surface area (Å²) >= 11 is 7.29. The van der Waals surface area contributed by atoms with Crippen LogP contribution in [0.3, 0.4) is 0 Å². The van der Waals surface area contributed by atoms with Crippen LogP contribution in [-0.4, -0.2) is 24.7 Å². The molecule has 0 unspecified atom stereocenters. The average Bonchev–Trinajstić information content (AvgIpc) is 2.90. The fourth-order valence-corrected chi connectivity index (χ4v) is 3.06. The van der Waals surface area contributed by atoms with E-state index in [4.69, 9.17) is 16.0 Å². The Hall–Kier alpha value is -1.92. The Balaban J connectivity index is 1.85. The van der Waals surface area contributed by atoms with Gasteiger partial charge < -0.3 is 14.5 Å². The van der Waals surface area contributed by atoms with Crippen LogP contribution in [0.4, 0.5) is 5.69 Å². The van der Waals surface area contributed by atoms with Gasteiger partial charge in [-0.3, -0.25) is 4.79 Å². The van der Waals surface area contributed by atoms with Crippen molar-refractivity contribution in [3.8, 4) is 0 Å². The number of esters is 1. The molecule has 1 amide bonds. The van der Waals surface area contributed by atoms with Crippen molar-refractivity contribution in [3.63, 3.8) is 0 Å². The number of carbonyl (C=O) groups excluding carboxylic acids is 2. The number of aryl methyl sites for hydroxylation is 2. The summed E-state index contributed by atoms with van der Waals surface area (Å²) in [5, 5.41) is 3.48. The van der Waals surface area contributed by atoms with Gasteiger partial charge in [-0.05, 0) is 43.7 Å². The van der Waals surface area contributed by atoms with E-state index in [2.05, 4.69) is 10.1 Å². The van der Waals surface area contributed by atoms with E-state index in [1.165, 1.54) is 18.9 Å². The fourth-order valence-electron chi connectivity index (χ4n) is 2.13. The van der Waals surface area contributed by atoms with Gasteiger partial charge in [0.25, 0.3) is 0 Å². The topological polar surface area (TPSA) is 68.5 Å². The number of thioether (sulfide) groups is 1. The summed E-state index contributed by atoms with van der Waals surface area (Å²) in [6, 6.07) is 6.95. The van der Waals surface area contributed by atoms with Crippen LogP contribution in [0.2, 0.25) is 5.02 Å². The number of anilines is 1. The largest absolute Gasteiger partial charge is 0.465 e. The van der Waals surface area contributed by atoms with Crippen LogP contribution in [-0.2, 0) is 15.3 Å². The zero-order valence-corrected chi connectivity index (χ0v) is 15.2. The third kappa shape index (κ3) is 4.79. The number of rotatable bonds is 6. The predicted octanol–water partition coefficient (Wildman–Crippen LogP) is 4.21. The van der Waals surface area contributed by atoms with E-state index < -0.39 is 5.97 Å². The van der Waals surface area contributed by atoms with Crippen molar-refractivity contribution >= 4 is 40.9 Å². The van der Waals surface area contributed by atoms with E-state index >= 15 is 0 Å². The van der Waals surface area contributed by atoms with E-state index in [9.17, 15) is 9.59 Å². The highest BCUT2D eigenvalue weighted by Crippen LogP contribution is 2.22. The molecule has 7 heteroatoms. The van der Waals surface area contributed by atoms with Gasteiger partial charge in [0, 0.05) is 10.7 Å². The number of ether oxygens (including phenoxy) is 1. The van der Waals surface area contributed by atoms with E-state index in [-0.39, 0.29) is 11.7 Å². The quantitative estimate of drug-likeness (QED) is 0.774. The molecule has 1 aromatic carbocycles. The van der Waals surface area contributed by atoms with Gasteiger partial charge in [0.15, 0.2) is 0 Å². The van der Waals surface area contributed by atoms with Gasteiger partial charge in [-0.2, -0.15) is 0 Å². The molecule has 0 saturated carbocycles. The number of amides is 1. The molecular formula is C17H18ClNO4S. The van der Waals surface area contributed by atoms with Gasteiger partial charge in [0.1, 0.15) is 17.1 Å². The van der Waals surface area contributed by atoms with Crippen LogP contribution in [0, 0.1) is 13.8 Å². The maximum Gasteiger partial charge on any atom is 0.341 e. The van der Waals surface area contributed by atoms with Crippen molar-refractivity contribution < 1.29 is 18.7 Å². The molecule has 0 aliphatic heterocycles. The third-order valence-electron chi connectivity index (χ3n) is 3.31. The molecular weight excluding hydrogens is 350 g/mol. The molecule has 0 fully saturated rings. The lowest BCUT2D eigenvalue weighted by Gasteiger charge is -2.08. The first-order chi connectivity index (χ1) is 11.4. The Labute approximate surface area is 149 Å². The minimum Gasteiger partial charge on any atom is -0.465 e. The molecule has 128 valence electrons. The minimum atomic E-state index is -0.427. The standard InChI is InChI=1S/C17H18ClNO4S/c1-10-6-12(18)4-5-15(10)19-16(20)9-24-8-13-7-14(11(2)23-13)17(21)22-3/h4-7H,8-9H2,1-3H3,(H,19,20). The van der Waals surface area contributed by atoms with Crippen LogP contribution in [0.15, 0.2) is 28.7 Å². The Kier molecular flexibility index (Phi) is 6.34. The molecule has 0 aliphatic rings. The number of methoxy groups -OCH3 is 1. The zero-order valence-electron chi connectivity index (χ0n) is 13.6. The predicted molar refractivity (Wildman–Crippen MR) is 95.8 cm³/mol. The second-order valence-electron chi connectivity index (χ2n) is 5.17. The summed E-state index contributed by atoms with van der Waals surface area (Å²) in [4.78, 5) is 23.5. The van der Waals surface area contributed by atoms with Gasteiger partial charge >= 0.3 is 5.97 Å². The summed E-state index contributed by atoms with van der Waals surface area (Å²) in [6.07, 6.45) is 0. The minimum absolute atomic E-state index is 0.109. The number of halogens is 1. The van der Waals surface area contributed by atoms with Gasteiger partial charge in [-0.25, -0.2) is 4.79 Å². The molecule has 0 bridgehead atoms. The highest BCUT2D eigenvalue weighted by Gasteiger charge is 2.15. The monoisotopic (exact) mass is 367 g/mol. The van der Waals surface area contributed by atoms with E-state index in [0.717, 1.165) is 11.3 Å². The summed E-state index contributed by atoms with van der Waals surface area (Å²) in [6.45, 7) is 3.59. The maximum absolute atomic E-state index is 12.0. The maximum atomic E-state index is 12.0. The molecule has 0 spiro atoms. The average molecular weight is 368 g/mol. The first-order valence-corrected chi connectivity index (χ1v) is 8.75. The Morgan fingerprint density at radius 1 is 1.29 bits per heavy atom. The van der Waals surface area contributed by atoms with Crippen molar-refractivity contribution in [1.82, 2.24) is 0 Å². The number of nitrogens with one attached hydrogen (secondary N) is 1. The SMILES string of the molecule is COC(=O)c1cc(CSCC(=O)Nc2ccc(Cl)cc2C)oc1C. The molecule has 24 heavy (non-hydrogen) atoms. The number of hydrogen-bond donors (Lipinski definition) is 1. The van der Waals surface area contributed by atoms with Gasteiger partial charge in [-0.15, -0.1) is 11.8 Å². The lowest BCUT2D eigenvalue weighted by Crippen LogP contribution is -2.14.